The Balaban J connectivity index is 1.94. The van der Waals surface area contributed by atoms with Gasteiger partial charge in [-0.1, -0.05) is 23.9 Å². The summed E-state index contributed by atoms with van der Waals surface area (Å²) in [5.41, 5.74) is 1.41. The van der Waals surface area contributed by atoms with E-state index in [0.717, 1.165) is 5.57 Å². The van der Waals surface area contributed by atoms with Gasteiger partial charge in [0.1, 0.15) is 5.71 Å². The number of nitrogens with zero attached hydrogens (tertiary/aromatic N) is 5. The van der Waals surface area contributed by atoms with E-state index in [1.807, 2.05) is 10.3 Å². The fraction of sp³-hybridized carbons (Fsp3) is 0.231. The second-order valence-corrected chi connectivity index (χ2v) is 5.20. The van der Waals surface area contributed by atoms with Crippen LogP contribution in [0.2, 0.25) is 0 Å². The summed E-state index contributed by atoms with van der Waals surface area (Å²) in [5.74, 6) is 1.05. The zero-order chi connectivity index (χ0) is 14.1. The maximum Gasteiger partial charge on any atom is 0.250 e. The summed E-state index contributed by atoms with van der Waals surface area (Å²) in [5, 5.41) is 6.25. The topological polar surface area (TPSA) is 63.4 Å². The molecule has 1 aromatic heterocycles. The molecule has 6 nitrogen and oxygen atoms in total. The first-order valence-electron chi connectivity index (χ1n) is 6.13. The highest BCUT2D eigenvalue weighted by Gasteiger charge is 2.29. The summed E-state index contributed by atoms with van der Waals surface area (Å²) in [4.78, 5) is 22.3. The van der Waals surface area contributed by atoms with E-state index in [9.17, 15) is 4.79 Å². The molecule has 3 heterocycles. The van der Waals surface area contributed by atoms with Crippen molar-refractivity contribution in [2.45, 2.75) is 6.54 Å². The van der Waals surface area contributed by atoms with Crippen molar-refractivity contribution in [1.82, 2.24) is 14.8 Å². The van der Waals surface area contributed by atoms with E-state index in [0.29, 0.717) is 37.2 Å². The lowest BCUT2D eigenvalue weighted by molar-refractivity contribution is -0.105. The molecule has 2 aliphatic rings. The molecule has 3 rings (SSSR count). The summed E-state index contributed by atoms with van der Waals surface area (Å²) in [6.45, 7) is 9.24. The van der Waals surface area contributed by atoms with Gasteiger partial charge >= 0.3 is 0 Å². The van der Waals surface area contributed by atoms with E-state index in [1.165, 1.54) is 11.8 Å². The van der Waals surface area contributed by atoms with E-state index in [4.69, 9.17) is 0 Å². The Kier molecular flexibility index (Phi) is 3.27. The van der Waals surface area contributed by atoms with Gasteiger partial charge in [-0.3, -0.25) is 4.79 Å². The number of allylic oxidation sites excluding steroid dienone is 1. The van der Waals surface area contributed by atoms with Crippen molar-refractivity contribution in [3.05, 3.63) is 36.3 Å². The lowest BCUT2D eigenvalue weighted by Crippen LogP contribution is -2.24. The molecule has 20 heavy (non-hydrogen) atoms. The van der Waals surface area contributed by atoms with E-state index < -0.39 is 0 Å². The Hall–Kier alpha value is -2.15. The molecule has 0 amide bonds. The molecule has 0 N–H and O–H groups in total. The molecule has 0 unspecified atom stereocenters. The van der Waals surface area contributed by atoms with Gasteiger partial charge in [-0.2, -0.15) is 4.98 Å². The molecule has 0 fully saturated rings. The van der Waals surface area contributed by atoms with Crippen molar-refractivity contribution in [2.75, 3.05) is 18.0 Å². The van der Waals surface area contributed by atoms with Gasteiger partial charge < -0.3 is 4.90 Å². The highest BCUT2D eigenvalue weighted by molar-refractivity contribution is 8.18. The van der Waals surface area contributed by atoms with Crippen LogP contribution in [-0.4, -0.2) is 38.7 Å². The van der Waals surface area contributed by atoms with Gasteiger partial charge in [-0.25, -0.2) is 9.67 Å². The minimum Gasteiger partial charge on any atom is -0.332 e. The Morgan fingerprint density at radius 1 is 1.40 bits per heavy atom. The number of aromatic nitrogens is 3. The molecule has 2 aliphatic heterocycles. The van der Waals surface area contributed by atoms with Gasteiger partial charge in [0.05, 0.1) is 6.54 Å². The molecular formula is C13H13N5OS. The number of anilines is 1. The lowest BCUT2D eigenvalue weighted by Gasteiger charge is -2.16. The first-order chi connectivity index (χ1) is 9.72. The number of rotatable bonds is 5. The SMILES string of the molecule is C=CCN(CC=C)c1nc2n(n1)CC1=CSC(=O)C1=N2. The molecule has 0 radical (unpaired) electrons. The summed E-state index contributed by atoms with van der Waals surface area (Å²) >= 11 is 1.17. The predicted molar refractivity (Wildman–Crippen MR) is 80.4 cm³/mol. The van der Waals surface area contributed by atoms with Crippen molar-refractivity contribution in [3.8, 4) is 0 Å². The minimum absolute atomic E-state index is 0.0233. The maximum absolute atomic E-state index is 11.6. The van der Waals surface area contributed by atoms with Gasteiger partial charge in [0.2, 0.25) is 11.1 Å². The van der Waals surface area contributed by atoms with Crippen LogP contribution < -0.4 is 4.90 Å². The molecule has 0 atom stereocenters. The van der Waals surface area contributed by atoms with Gasteiger partial charge in [0.15, 0.2) is 0 Å². The van der Waals surface area contributed by atoms with Crippen LogP contribution >= 0.6 is 11.8 Å². The van der Waals surface area contributed by atoms with Crippen LogP contribution in [0.1, 0.15) is 0 Å². The largest absolute Gasteiger partial charge is 0.332 e. The standard InChI is InChI=1S/C13H13N5OS/c1-3-5-17(6-4-2)13-15-12-14-10-9(7-18(12)16-13)8-20-11(10)19/h3-4,8H,1-2,5-7H2. The normalized spacial score (nSPS) is 16.1. The average molecular weight is 287 g/mol. The fourth-order valence-electron chi connectivity index (χ4n) is 2.05. The number of fused-ring (bicyclic) bond motifs is 2. The second kappa shape index (κ2) is 5.09. The number of carbonyl (C=O) groups excluding carboxylic acids is 1. The van der Waals surface area contributed by atoms with E-state index >= 15 is 0 Å². The Morgan fingerprint density at radius 3 is 2.85 bits per heavy atom. The van der Waals surface area contributed by atoms with Gasteiger partial charge in [-0.05, 0) is 5.41 Å². The third-order valence-electron chi connectivity index (χ3n) is 2.96. The van der Waals surface area contributed by atoms with Crippen molar-refractivity contribution in [3.63, 3.8) is 0 Å². The Morgan fingerprint density at radius 2 is 2.15 bits per heavy atom. The third kappa shape index (κ3) is 2.09. The van der Waals surface area contributed by atoms with Crippen molar-refractivity contribution < 1.29 is 4.79 Å². The molecule has 1 aromatic rings. The van der Waals surface area contributed by atoms with Gasteiger partial charge in [0, 0.05) is 18.7 Å². The average Bonchev–Trinajstić information content (AvgIpc) is 3.00. The Labute approximate surface area is 120 Å². The zero-order valence-electron chi connectivity index (χ0n) is 10.8. The molecule has 0 saturated carbocycles. The van der Waals surface area contributed by atoms with Crippen LogP contribution in [0.25, 0.3) is 0 Å². The smallest absolute Gasteiger partial charge is 0.250 e. The van der Waals surface area contributed by atoms with Gasteiger partial charge in [-0.15, -0.1) is 18.3 Å². The van der Waals surface area contributed by atoms with Crippen LogP contribution in [0.3, 0.4) is 0 Å². The first kappa shape index (κ1) is 12.9. The highest BCUT2D eigenvalue weighted by atomic mass is 32.2. The minimum atomic E-state index is -0.0233. The van der Waals surface area contributed by atoms with Crippen LogP contribution in [0, 0.1) is 0 Å². The first-order valence-corrected chi connectivity index (χ1v) is 7.01. The highest BCUT2D eigenvalue weighted by Crippen LogP contribution is 2.30. The molecule has 0 spiro atoms. The molecule has 7 heteroatoms. The van der Waals surface area contributed by atoms with Crippen molar-refractivity contribution in [2.24, 2.45) is 4.99 Å². The van der Waals surface area contributed by atoms with E-state index in [2.05, 4.69) is 28.2 Å². The number of hydrogen-bond donors (Lipinski definition) is 0. The predicted octanol–water partition coefficient (Wildman–Crippen LogP) is 1.70. The van der Waals surface area contributed by atoms with Crippen LogP contribution in [0.15, 0.2) is 41.3 Å². The van der Waals surface area contributed by atoms with Crippen LogP contribution in [0.4, 0.5) is 11.9 Å². The second-order valence-electron chi connectivity index (χ2n) is 4.36. The number of thioether (sulfide) groups is 1. The monoisotopic (exact) mass is 287 g/mol. The molecule has 102 valence electrons. The summed E-state index contributed by atoms with van der Waals surface area (Å²) < 4.78 is 1.71. The van der Waals surface area contributed by atoms with Crippen molar-refractivity contribution in [1.29, 1.82) is 0 Å². The van der Waals surface area contributed by atoms with Crippen molar-refractivity contribution >= 4 is 34.5 Å². The zero-order valence-corrected chi connectivity index (χ0v) is 11.6. The van der Waals surface area contributed by atoms with E-state index in [1.54, 1.807) is 16.8 Å². The van der Waals surface area contributed by atoms with Gasteiger partial charge in [0.25, 0.3) is 5.95 Å². The third-order valence-corrected chi connectivity index (χ3v) is 3.77. The molecule has 0 bridgehead atoms. The van der Waals surface area contributed by atoms with Crippen LogP contribution in [0.5, 0.6) is 0 Å². The molecule has 0 saturated heterocycles. The number of aliphatic imine (C=N–C) groups is 1. The van der Waals surface area contributed by atoms with E-state index in [-0.39, 0.29) is 5.12 Å². The quantitative estimate of drug-likeness (QED) is 0.771. The summed E-state index contributed by atoms with van der Waals surface area (Å²) in [6, 6.07) is 0. The molecule has 0 aliphatic carbocycles. The number of hydrogen-bond acceptors (Lipinski definition) is 6. The molecular weight excluding hydrogens is 274 g/mol. The van der Waals surface area contributed by atoms with Crippen LogP contribution in [-0.2, 0) is 11.3 Å². The number of carbonyl (C=O) groups is 1. The summed E-state index contributed by atoms with van der Waals surface area (Å²) in [7, 11) is 0. The summed E-state index contributed by atoms with van der Waals surface area (Å²) in [6.07, 6.45) is 3.57. The Bertz CT molecular complexity index is 648. The lowest BCUT2D eigenvalue weighted by atomic mass is 10.2. The molecule has 0 aromatic carbocycles. The maximum atomic E-state index is 11.6. The fourth-order valence-corrected chi connectivity index (χ4v) is 2.78.